The van der Waals surface area contributed by atoms with Crippen LogP contribution in [0.25, 0.3) is 0 Å². The third kappa shape index (κ3) is 4.53. The minimum Gasteiger partial charge on any atom is -0.438 e. The molecule has 7 nitrogen and oxygen atoms in total. The Bertz CT molecular complexity index is 468. The maximum absolute atomic E-state index is 12.7. The van der Waals surface area contributed by atoms with E-state index in [1.54, 1.807) is 0 Å². The highest BCUT2D eigenvalue weighted by Crippen LogP contribution is 2.18. The Morgan fingerprint density at radius 1 is 1.22 bits per heavy atom. The summed E-state index contributed by atoms with van der Waals surface area (Å²) in [6.07, 6.45) is 5.53. The van der Waals surface area contributed by atoms with Crippen LogP contribution in [0.1, 0.15) is 29.8 Å². The van der Waals surface area contributed by atoms with Crippen LogP contribution in [0.5, 0.6) is 0 Å². The molecule has 0 aromatic carbocycles. The predicted octanol–water partition coefficient (Wildman–Crippen LogP) is 1.02. The number of hydrogen-bond acceptors (Lipinski definition) is 6. The lowest BCUT2D eigenvalue weighted by Crippen LogP contribution is -2.45. The van der Waals surface area contributed by atoms with Gasteiger partial charge in [0.25, 0.3) is 5.91 Å². The van der Waals surface area contributed by atoms with Crippen molar-refractivity contribution in [1.82, 2.24) is 14.8 Å². The van der Waals surface area contributed by atoms with Crippen molar-refractivity contribution in [2.45, 2.75) is 25.3 Å². The van der Waals surface area contributed by atoms with E-state index in [1.165, 1.54) is 12.6 Å². The van der Waals surface area contributed by atoms with E-state index in [2.05, 4.69) is 9.88 Å². The summed E-state index contributed by atoms with van der Waals surface area (Å²) in [6.45, 7) is 6.74. The Morgan fingerprint density at radius 2 is 1.96 bits per heavy atom. The molecular weight excluding hydrogens is 298 g/mol. The summed E-state index contributed by atoms with van der Waals surface area (Å²) in [7, 11) is 0. The number of oxazole rings is 1. The van der Waals surface area contributed by atoms with E-state index >= 15 is 0 Å². The molecule has 1 aromatic rings. The van der Waals surface area contributed by atoms with E-state index < -0.39 is 0 Å². The zero-order chi connectivity index (χ0) is 15.9. The van der Waals surface area contributed by atoms with Gasteiger partial charge < -0.3 is 18.8 Å². The van der Waals surface area contributed by atoms with Gasteiger partial charge in [-0.05, 0) is 19.3 Å². The van der Waals surface area contributed by atoms with Gasteiger partial charge in [-0.2, -0.15) is 0 Å². The smallest absolute Gasteiger partial charge is 0.291 e. The number of amides is 1. The summed E-state index contributed by atoms with van der Waals surface area (Å²) in [5, 5.41) is 0. The van der Waals surface area contributed by atoms with Crippen LogP contribution in [-0.2, 0) is 9.47 Å². The maximum Gasteiger partial charge on any atom is 0.291 e. The molecule has 2 aliphatic heterocycles. The first-order valence-electron chi connectivity index (χ1n) is 8.42. The van der Waals surface area contributed by atoms with Crippen LogP contribution in [0.15, 0.2) is 17.0 Å². The first-order chi connectivity index (χ1) is 11.3. The lowest BCUT2D eigenvalue weighted by molar-refractivity contribution is 0.0210. The first-order valence-corrected chi connectivity index (χ1v) is 8.42. The molecule has 1 aromatic heterocycles. The van der Waals surface area contributed by atoms with Crippen molar-refractivity contribution < 1.29 is 18.7 Å². The van der Waals surface area contributed by atoms with Gasteiger partial charge in [0.15, 0.2) is 6.39 Å². The maximum atomic E-state index is 12.7. The normalized spacial score (nSPS) is 20.5. The number of aromatic nitrogens is 1. The molecule has 2 aliphatic rings. The number of hydrogen-bond donors (Lipinski definition) is 0. The van der Waals surface area contributed by atoms with Crippen LogP contribution >= 0.6 is 0 Å². The molecule has 2 saturated heterocycles. The molecule has 2 fully saturated rings. The average molecular weight is 323 g/mol. The second kappa shape index (κ2) is 8.42. The van der Waals surface area contributed by atoms with Crippen LogP contribution in [0.3, 0.4) is 0 Å². The summed E-state index contributed by atoms with van der Waals surface area (Å²) < 4.78 is 16.0. The standard InChI is InChI=1S/C16H25N3O4/c20-16(15-12-17-13-23-15)19(14-2-8-21-9-3-14)5-1-4-18-6-10-22-11-7-18/h12-14H,1-11H2. The molecule has 3 heterocycles. The summed E-state index contributed by atoms with van der Waals surface area (Å²) in [4.78, 5) is 20.9. The molecule has 0 saturated carbocycles. The van der Waals surface area contributed by atoms with Crippen LogP contribution < -0.4 is 0 Å². The van der Waals surface area contributed by atoms with Gasteiger partial charge in [0.05, 0.1) is 19.4 Å². The van der Waals surface area contributed by atoms with E-state index in [9.17, 15) is 4.79 Å². The van der Waals surface area contributed by atoms with Crippen LogP contribution in [0.2, 0.25) is 0 Å². The summed E-state index contributed by atoms with van der Waals surface area (Å²) in [5.41, 5.74) is 0. The van der Waals surface area contributed by atoms with Crippen molar-refractivity contribution in [2.75, 3.05) is 52.6 Å². The van der Waals surface area contributed by atoms with Gasteiger partial charge in [0.1, 0.15) is 0 Å². The highest BCUT2D eigenvalue weighted by molar-refractivity contribution is 5.91. The molecule has 0 bridgehead atoms. The van der Waals surface area contributed by atoms with Gasteiger partial charge >= 0.3 is 0 Å². The van der Waals surface area contributed by atoms with E-state index in [1.807, 2.05) is 4.90 Å². The lowest BCUT2D eigenvalue weighted by atomic mass is 10.1. The summed E-state index contributed by atoms with van der Waals surface area (Å²) in [6, 6.07) is 0.228. The van der Waals surface area contributed by atoms with Crippen LogP contribution in [0.4, 0.5) is 0 Å². The van der Waals surface area contributed by atoms with Gasteiger partial charge in [0, 0.05) is 45.4 Å². The Hall–Kier alpha value is -1.44. The minimum absolute atomic E-state index is 0.0589. The fourth-order valence-electron chi connectivity index (χ4n) is 3.20. The molecule has 128 valence electrons. The van der Waals surface area contributed by atoms with Crippen molar-refractivity contribution in [3.63, 3.8) is 0 Å². The fraction of sp³-hybridized carbons (Fsp3) is 0.750. The van der Waals surface area contributed by atoms with Crippen LogP contribution in [0, 0.1) is 0 Å². The Labute approximate surface area is 136 Å². The molecule has 7 heteroatoms. The zero-order valence-electron chi connectivity index (χ0n) is 13.5. The van der Waals surface area contributed by atoms with Crippen molar-refractivity contribution in [3.05, 3.63) is 18.4 Å². The molecule has 23 heavy (non-hydrogen) atoms. The second-order valence-electron chi connectivity index (χ2n) is 6.02. The Balaban J connectivity index is 1.56. The van der Waals surface area contributed by atoms with Gasteiger partial charge in [-0.25, -0.2) is 4.98 Å². The number of rotatable bonds is 6. The van der Waals surface area contributed by atoms with Gasteiger partial charge in [-0.15, -0.1) is 0 Å². The number of carbonyl (C=O) groups is 1. The molecule has 3 rings (SSSR count). The monoisotopic (exact) mass is 323 g/mol. The number of morpholine rings is 1. The lowest BCUT2D eigenvalue weighted by Gasteiger charge is -2.34. The molecule has 0 unspecified atom stereocenters. The van der Waals surface area contributed by atoms with Gasteiger partial charge in [-0.1, -0.05) is 0 Å². The fourth-order valence-corrected chi connectivity index (χ4v) is 3.20. The largest absolute Gasteiger partial charge is 0.438 e. The zero-order valence-corrected chi connectivity index (χ0v) is 13.5. The highest BCUT2D eigenvalue weighted by atomic mass is 16.5. The van der Waals surface area contributed by atoms with E-state index in [0.717, 1.165) is 58.7 Å². The van der Waals surface area contributed by atoms with E-state index in [0.29, 0.717) is 19.0 Å². The van der Waals surface area contributed by atoms with Crippen molar-refractivity contribution >= 4 is 5.91 Å². The predicted molar refractivity (Wildman–Crippen MR) is 83.3 cm³/mol. The quantitative estimate of drug-likeness (QED) is 0.778. The third-order valence-corrected chi connectivity index (χ3v) is 4.51. The van der Waals surface area contributed by atoms with Gasteiger partial charge in [0.2, 0.25) is 5.76 Å². The highest BCUT2D eigenvalue weighted by Gasteiger charge is 2.28. The Kier molecular flexibility index (Phi) is 6.01. The molecule has 0 N–H and O–H groups in total. The van der Waals surface area contributed by atoms with Gasteiger partial charge in [-0.3, -0.25) is 9.69 Å². The average Bonchev–Trinajstić information content (AvgIpc) is 3.15. The van der Waals surface area contributed by atoms with E-state index in [-0.39, 0.29) is 11.9 Å². The second-order valence-corrected chi connectivity index (χ2v) is 6.02. The van der Waals surface area contributed by atoms with E-state index in [4.69, 9.17) is 13.9 Å². The van der Waals surface area contributed by atoms with Crippen LogP contribution in [-0.4, -0.2) is 79.3 Å². The molecule has 0 aliphatic carbocycles. The van der Waals surface area contributed by atoms with Crippen molar-refractivity contribution in [3.8, 4) is 0 Å². The SMILES string of the molecule is O=C(c1cnco1)N(CCCN1CCOCC1)C1CCOCC1. The molecule has 0 atom stereocenters. The molecule has 1 amide bonds. The minimum atomic E-state index is -0.0589. The number of ether oxygens (including phenoxy) is 2. The number of carbonyl (C=O) groups excluding carboxylic acids is 1. The topological polar surface area (TPSA) is 68.0 Å². The molecule has 0 spiro atoms. The third-order valence-electron chi connectivity index (χ3n) is 4.51. The van der Waals surface area contributed by atoms with Crippen molar-refractivity contribution in [2.24, 2.45) is 0 Å². The van der Waals surface area contributed by atoms with Crippen molar-refractivity contribution in [1.29, 1.82) is 0 Å². The molecule has 0 radical (unpaired) electrons. The molecular formula is C16H25N3O4. The summed E-state index contributed by atoms with van der Waals surface area (Å²) in [5.74, 6) is 0.263. The first kappa shape index (κ1) is 16.4. The Morgan fingerprint density at radius 3 is 2.65 bits per heavy atom. The number of nitrogens with zero attached hydrogens (tertiary/aromatic N) is 3. The summed E-state index contributed by atoms with van der Waals surface area (Å²) >= 11 is 0.